The average molecular weight is 693 g/mol. The smallest absolute Gasteiger partial charge is 0.335 e. The number of carboxylic acid groups (broad SMARTS) is 1. The second-order valence-corrected chi connectivity index (χ2v) is 11.7. The number of rotatable bonds is 5. The van der Waals surface area contributed by atoms with Gasteiger partial charge in [-0.1, -0.05) is 60.1 Å². The van der Waals surface area contributed by atoms with Gasteiger partial charge in [0.2, 0.25) is 0 Å². The number of urea groups is 2. The highest BCUT2D eigenvalue weighted by molar-refractivity contribution is 6.04. The maximum atomic E-state index is 13.0. The summed E-state index contributed by atoms with van der Waals surface area (Å²) in [6.07, 6.45) is 7.01. The Morgan fingerprint density at radius 2 is 0.943 bits per heavy atom. The molecule has 0 atom stereocenters. The fraction of sp³-hybridized carbons (Fsp3) is 0. The summed E-state index contributed by atoms with van der Waals surface area (Å²) in [7, 11) is 0. The zero-order chi connectivity index (χ0) is 36.6. The Balaban J connectivity index is 1.01. The minimum atomic E-state index is -1.24. The van der Waals surface area contributed by atoms with Crippen LogP contribution < -0.4 is 21.3 Å². The first kappa shape index (κ1) is 33.5. The number of amides is 4. The first-order valence-electron chi connectivity index (χ1n) is 16.3. The van der Waals surface area contributed by atoms with E-state index in [0.717, 1.165) is 32.7 Å². The molecule has 10 nitrogen and oxygen atoms in total. The SMILES string of the molecule is O=C(Nc1cccc(C#Cc2cccc3ccncc23)c1)Nc1cc(NC(=O)Nc2cccc(C#Cc3cccc4ccncc34)c2)cc(C(=O)O)c1. The molecule has 0 saturated carbocycles. The lowest BCUT2D eigenvalue weighted by Gasteiger charge is -2.12. The Labute approximate surface area is 303 Å². The van der Waals surface area contributed by atoms with E-state index in [9.17, 15) is 19.5 Å². The molecule has 0 saturated heterocycles. The van der Waals surface area contributed by atoms with Gasteiger partial charge in [-0.15, -0.1) is 0 Å². The summed E-state index contributed by atoms with van der Waals surface area (Å²) in [5, 5.41) is 24.5. The Bertz CT molecular complexity index is 2500. The topological polar surface area (TPSA) is 145 Å². The third-order valence-corrected chi connectivity index (χ3v) is 7.99. The summed E-state index contributed by atoms with van der Waals surface area (Å²) in [5.74, 6) is 11.4. The molecule has 5 aromatic carbocycles. The number of aromatic carboxylic acids is 1. The van der Waals surface area contributed by atoms with Crippen LogP contribution in [-0.4, -0.2) is 33.1 Å². The van der Waals surface area contributed by atoms with E-state index < -0.39 is 18.0 Å². The molecule has 254 valence electrons. The monoisotopic (exact) mass is 692 g/mol. The molecule has 53 heavy (non-hydrogen) atoms. The molecule has 2 aromatic heterocycles. The molecule has 0 spiro atoms. The molecule has 0 unspecified atom stereocenters. The molecule has 10 heteroatoms. The second-order valence-electron chi connectivity index (χ2n) is 11.7. The van der Waals surface area contributed by atoms with Gasteiger partial charge in [-0.2, -0.15) is 0 Å². The van der Waals surface area contributed by atoms with E-state index in [1.807, 2.05) is 60.7 Å². The van der Waals surface area contributed by atoms with Crippen LogP contribution in [0.5, 0.6) is 0 Å². The predicted octanol–water partition coefficient (Wildman–Crippen LogP) is 8.57. The maximum Gasteiger partial charge on any atom is 0.335 e. The number of pyridine rings is 2. The molecule has 0 radical (unpaired) electrons. The summed E-state index contributed by atoms with van der Waals surface area (Å²) in [5.41, 5.74) is 4.12. The fourth-order valence-electron chi connectivity index (χ4n) is 5.56. The van der Waals surface area contributed by atoms with E-state index in [1.165, 1.54) is 18.2 Å². The quantitative estimate of drug-likeness (QED) is 0.114. The molecular formula is C43H28N6O4. The van der Waals surface area contributed by atoms with Crippen molar-refractivity contribution in [1.82, 2.24) is 9.97 Å². The van der Waals surface area contributed by atoms with Crippen LogP contribution in [0.1, 0.15) is 32.6 Å². The second kappa shape index (κ2) is 15.3. The third kappa shape index (κ3) is 8.44. The molecule has 0 fully saturated rings. The zero-order valence-electron chi connectivity index (χ0n) is 27.8. The van der Waals surface area contributed by atoms with Crippen LogP contribution in [0.2, 0.25) is 0 Å². The Morgan fingerprint density at radius 3 is 1.42 bits per heavy atom. The highest BCUT2D eigenvalue weighted by Gasteiger charge is 2.12. The van der Waals surface area contributed by atoms with E-state index in [-0.39, 0.29) is 16.9 Å². The van der Waals surface area contributed by atoms with Crippen LogP contribution in [0.4, 0.5) is 32.3 Å². The molecule has 2 heterocycles. The highest BCUT2D eigenvalue weighted by Crippen LogP contribution is 2.22. The number of carboxylic acids is 1. The number of aromatic nitrogens is 2. The number of fused-ring (bicyclic) bond motifs is 2. The molecule has 0 aliphatic heterocycles. The fourth-order valence-corrected chi connectivity index (χ4v) is 5.56. The van der Waals surface area contributed by atoms with E-state index in [1.54, 1.807) is 61.2 Å². The summed E-state index contributed by atoms with van der Waals surface area (Å²) in [6.45, 7) is 0. The van der Waals surface area contributed by atoms with Gasteiger partial charge in [0.15, 0.2) is 0 Å². The van der Waals surface area contributed by atoms with Crippen molar-refractivity contribution in [2.45, 2.75) is 0 Å². The van der Waals surface area contributed by atoms with Crippen LogP contribution in [0.25, 0.3) is 21.5 Å². The lowest BCUT2D eigenvalue weighted by atomic mass is 10.1. The molecule has 0 bridgehead atoms. The molecule has 0 aliphatic carbocycles. The minimum absolute atomic E-state index is 0.139. The normalized spacial score (nSPS) is 10.3. The first-order chi connectivity index (χ1) is 25.9. The van der Waals surface area contributed by atoms with Gasteiger partial charge in [-0.3, -0.25) is 9.97 Å². The van der Waals surface area contributed by atoms with Gasteiger partial charge in [0.1, 0.15) is 0 Å². The first-order valence-corrected chi connectivity index (χ1v) is 16.3. The minimum Gasteiger partial charge on any atom is -0.478 e. The van der Waals surface area contributed by atoms with Gasteiger partial charge in [0, 0.05) is 80.6 Å². The molecule has 7 rings (SSSR count). The van der Waals surface area contributed by atoms with Gasteiger partial charge < -0.3 is 26.4 Å². The van der Waals surface area contributed by atoms with Gasteiger partial charge >= 0.3 is 18.0 Å². The lowest BCUT2D eigenvalue weighted by Crippen LogP contribution is -2.21. The number of hydrogen-bond donors (Lipinski definition) is 5. The van der Waals surface area contributed by atoms with E-state index in [0.29, 0.717) is 22.5 Å². The zero-order valence-corrected chi connectivity index (χ0v) is 27.8. The van der Waals surface area contributed by atoms with Crippen LogP contribution >= 0.6 is 0 Å². The number of anilines is 4. The molecule has 4 amide bonds. The summed E-state index contributed by atoms with van der Waals surface area (Å²) in [4.78, 5) is 46.3. The Hall–Kier alpha value is -7.95. The molecular weight excluding hydrogens is 665 g/mol. The van der Waals surface area contributed by atoms with Crippen molar-refractivity contribution in [2.24, 2.45) is 0 Å². The number of nitrogens with one attached hydrogen (secondary N) is 4. The van der Waals surface area contributed by atoms with Crippen molar-refractivity contribution in [3.8, 4) is 23.7 Å². The van der Waals surface area contributed by atoms with E-state index in [4.69, 9.17) is 0 Å². The van der Waals surface area contributed by atoms with Gasteiger partial charge in [0.05, 0.1) is 5.56 Å². The number of nitrogens with zero attached hydrogens (tertiary/aromatic N) is 2. The van der Waals surface area contributed by atoms with Gasteiger partial charge in [0.25, 0.3) is 0 Å². The number of hydrogen-bond acceptors (Lipinski definition) is 5. The van der Waals surface area contributed by atoms with Crippen molar-refractivity contribution in [1.29, 1.82) is 0 Å². The van der Waals surface area contributed by atoms with Crippen molar-refractivity contribution < 1.29 is 19.5 Å². The number of carbonyl (C=O) groups is 3. The van der Waals surface area contributed by atoms with Crippen LogP contribution in [-0.2, 0) is 0 Å². The van der Waals surface area contributed by atoms with Crippen molar-refractivity contribution in [3.63, 3.8) is 0 Å². The van der Waals surface area contributed by atoms with E-state index >= 15 is 0 Å². The largest absolute Gasteiger partial charge is 0.478 e. The lowest BCUT2D eigenvalue weighted by molar-refractivity contribution is 0.0697. The van der Waals surface area contributed by atoms with Crippen LogP contribution in [0, 0.1) is 23.7 Å². The average Bonchev–Trinajstić information content (AvgIpc) is 3.16. The van der Waals surface area contributed by atoms with Crippen molar-refractivity contribution >= 4 is 62.3 Å². The molecule has 7 aromatic rings. The summed E-state index contributed by atoms with van der Waals surface area (Å²) in [6, 6.07) is 32.4. The summed E-state index contributed by atoms with van der Waals surface area (Å²) < 4.78 is 0. The highest BCUT2D eigenvalue weighted by atomic mass is 16.4. The predicted molar refractivity (Wildman–Crippen MR) is 207 cm³/mol. The van der Waals surface area contributed by atoms with Crippen LogP contribution in [0.15, 0.2) is 140 Å². The maximum absolute atomic E-state index is 13.0. The summed E-state index contributed by atoms with van der Waals surface area (Å²) >= 11 is 0. The van der Waals surface area contributed by atoms with E-state index in [2.05, 4.69) is 54.9 Å². The van der Waals surface area contributed by atoms with Gasteiger partial charge in [-0.25, -0.2) is 14.4 Å². The molecule has 5 N–H and O–H groups in total. The van der Waals surface area contributed by atoms with Crippen molar-refractivity contribution in [2.75, 3.05) is 21.3 Å². The van der Waals surface area contributed by atoms with Crippen LogP contribution in [0.3, 0.4) is 0 Å². The Morgan fingerprint density at radius 1 is 0.491 bits per heavy atom. The standard InChI is InChI=1S/C43H28N6O4/c50-41(51)34-23-37(48-42(52)46-35-11-1-5-28(21-35)13-15-30-7-3-9-32-17-19-44-26-39(30)32)25-38(24-34)49-43(53)47-36-12-2-6-29(22-36)14-16-31-8-4-10-33-18-20-45-27-40(31)33/h1-12,17-27H,(H,50,51)(H2,46,48,52)(H2,47,49,53). The Kier molecular flexibility index (Phi) is 9.68. The third-order valence-electron chi connectivity index (χ3n) is 7.99. The van der Waals surface area contributed by atoms with Gasteiger partial charge in [-0.05, 0) is 89.6 Å². The van der Waals surface area contributed by atoms with Crippen molar-refractivity contribution in [3.05, 3.63) is 168 Å². The molecule has 0 aliphatic rings. The number of benzene rings is 5. The number of carbonyl (C=O) groups excluding carboxylic acids is 2.